The Hall–Kier alpha value is -3.55. The van der Waals surface area contributed by atoms with E-state index in [1.165, 1.54) is 6.07 Å². The van der Waals surface area contributed by atoms with Crippen LogP contribution in [0, 0.1) is 18.3 Å². The molecule has 2 saturated heterocycles. The molecule has 0 aliphatic carbocycles. The number of nitrogens with zero attached hydrogens (tertiary/aromatic N) is 6. The average molecular weight is 458 g/mol. The van der Waals surface area contributed by atoms with Crippen molar-refractivity contribution in [2.24, 2.45) is 0 Å². The van der Waals surface area contributed by atoms with E-state index in [4.69, 9.17) is 10.00 Å². The second-order valence-electron chi connectivity index (χ2n) is 8.47. The lowest BCUT2D eigenvalue weighted by Crippen LogP contribution is -2.54. The molecule has 0 atom stereocenters. The molecule has 0 radical (unpaired) electrons. The smallest absolute Gasteiger partial charge is 0.417 e. The Bertz CT molecular complexity index is 1150. The van der Waals surface area contributed by atoms with Crippen LogP contribution in [0.15, 0.2) is 18.2 Å². The van der Waals surface area contributed by atoms with Crippen LogP contribution in [0.4, 0.5) is 29.5 Å². The van der Waals surface area contributed by atoms with Gasteiger partial charge in [-0.2, -0.15) is 18.4 Å². The molecule has 0 saturated carbocycles. The van der Waals surface area contributed by atoms with E-state index >= 15 is 0 Å². The lowest BCUT2D eigenvalue weighted by molar-refractivity contribution is -0.137. The SMILES string of the molecule is Cc1nc2c(c(N3CCC3)n1)CN(C(=O)OC1CN(c3ccc(C#N)c(C(F)(F)F)c3)C1)C2. The third-order valence-corrected chi connectivity index (χ3v) is 6.20. The van der Waals surface area contributed by atoms with E-state index in [-0.39, 0.29) is 13.1 Å². The summed E-state index contributed by atoms with van der Waals surface area (Å²) in [4.78, 5) is 27.2. The summed E-state index contributed by atoms with van der Waals surface area (Å²) in [5.41, 5.74) is 0.734. The van der Waals surface area contributed by atoms with Gasteiger partial charge in [-0.1, -0.05) is 0 Å². The van der Waals surface area contributed by atoms with Gasteiger partial charge in [0.25, 0.3) is 0 Å². The molecule has 3 aliphatic rings. The number of amides is 1. The number of rotatable bonds is 3. The second-order valence-corrected chi connectivity index (χ2v) is 8.47. The van der Waals surface area contributed by atoms with Gasteiger partial charge in [-0.15, -0.1) is 0 Å². The quantitative estimate of drug-likeness (QED) is 0.698. The summed E-state index contributed by atoms with van der Waals surface area (Å²) < 4.78 is 45.2. The number of aromatic nitrogens is 2. The van der Waals surface area contributed by atoms with E-state index in [1.807, 2.05) is 6.92 Å². The second kappa shape index (κ2) is 7.79. The van der Waals surface area contributed by atoms with Crippen LogP contribution in [-0.4, -0.2) is 53.2 Å². The number of carbonyl (C=O) groups is 1. The monoisotopic (exact) mass is 458 g/mol. The number of hydrogen-bond acceptors (Lipinski definition) is 7. The standard InChI is InChI=1S/C22H21F3N6O2/c1-13-27-19-12-31(11-17(19)20(28-13)29-5-2-6-29)21(32)33-16-9-30(10-16)15-4-3-14(8-26)18(7-15)22(23,24)25/h3-4,7,16H,2,5-6,9-12H2,1H3. The van der Waals surface area contributed by atoms with Gasteiger partial charge in [0.15, 0.2) is 0 Å². The normalized spacial score (nSPS) is 17.8. The highest BCUT2D eigenvalue weighted by atomic mass is 19.4. The van der Waals surface area contributed by atoms with Crippen LogP contribution in [0.5, 0.6) is 0 Å². The van der Waals surface area contributed by atoms with E-state index in [2.05, 4.69) is 14.9 Å². The number of fused-ring (bicyclic) bond motifs is 1. The number of nitriles is 1. The van der Waals surface area contributed by atoms with Crippen molar-refractivity contribution in [3.8, 4) is 6.07 Å². The Morgan fingerprint density at radius 1 is 1.18 bits per heavy atom. The predicted molar refractivity (Wildman–Crippen MR) is 111 cm³/mol. The summed E-state index contributed by atoms with van der Waals surface area (Å²) in [7, 11) is 0. The maximum Gasteiger partial charge on any atom is 0.417 e. The van der Waals surface area contributed by atoms with E-state index in [9.17, 15) is 18.0 Å². The van der Waals surface area contributed by atoms with E-state index in [0.717, 1.165) is 48.7 Å². The molecule has 2 fully saturated rings. The van der Waals surface area contributed by atoms with Crippen molar-refractivity contribution in [3.63, 3.8) is 0 Å². The van der Waals surface area contributed by atoms with Gasteiger partial charge in [-0.25, -0.2) is 14.8 Å². The van der Waals surface area contributed by atoms with E-state index < -0.39 is 29.5 Å². The van der Waals surface area contributed by atoms with Crippen LogP contribution in [0.25, 0.3) is 0 Å². The predicted octanol–water partition coefficient (Wildman–Crippen LogP) is 3.23. The number of ether oxygens (including phenoxy) is 1. The first-order valence-electron chi connectivity index (χ1n) is 10.7. The zero-order chi connectivity index (χ0) is 23.3. The van der Waals surface area contributed by atoms with Crippen molar-refractivity contribution in [2.45, 2.75) is 38.7 Å². The van der Waals surface area contributed by atoms with E-state index in [1.54, 1.807) is 15.9 Å². The summed E-state index contributed by atoms with van der Waals surface area (Å²) in [5, 5.41) is 8.94. The molecule has 4 heterocycles. The van der Waals surface area contributed by atoms with Gasteiger partial charge in [0.05, 0.1) is 49.1 Å². The van der Waals surface area contributed by atoms with Crippen molar-refractivity contribution in [1.82, 2.24) is 14.9 Å². The Morgan fingerprint density at radius 3 is 2.58 bits per heavy atom. The minimum absolute atomic E-state index is 0.285. The number of halogens is 3. The minimum atomic E-state index is -4.61. The zero-order valence-electron chi connectivity index (χ0n) is 17.9. The number of alkyl halides is 3. The third-order valence-electron chi connectivity index (χ3n) is 6.20. The van der Waals surface area contributed by atoms with Crippen molar-refractivity contribution >= 4 is 17.6 Å². The highest BCUT2D eigenvalue weighted by Crippen LogP contribution is 2.36. The van der Waals surface area contributed by atoms with Crippen LogP contribution in [0.1, 0.15) is 34.6 Å². The minimum Gasteiger partial charge on any atom is -0.442 e. The van der Waals surface area contributed by atoms with Crippen LogP contribution >= 0.6 is 0 Å². The summed E-state index contributed by atoms with van der Waals surface area (Å²) in [6.45, 7) is 5.01. The first-order valence-corrected chi connectivity index (χ1v) is 10.7. The maximum atomic E-state index is 13.2. The highest BCUT2D eigenvalue weighted by Gasteiger charge is 2.38. The summed E-state index contributed by atoms with van der Waals surface area (Å²) in [5.74, 6) is 1.55. The molecule has 2 aromatic rings. The van der Waals surface area contributed by atoms with Crippen molar-refractivity contribution < 1.29 is 22.7 Å². The molecule has 0 spiro atoms. The number of benzene rings is 1. The molecule has 5 rings (SSSR count). The third kappa shape index (κ3) is 3.90. The number of hydrogen-bond donors (Lipinski definition) is 0. The number of aryl methyl sites for hydroxylation is 1. The van der Waals surface area contributed by atoms with Crippen LogP contribution in [0.2, 0.25) is 0 Å². The largest absolute Gasteiger partial charge is 0.442 e. The molecular formula is C22H21F3N6O2. The number of anilines is 2. The Morgan fingerprint density at radius 2 is 1.94 bits per heavy atom. The molecular weight excluding hydrogens is 437 g/mol. The van der Waals surface area contributed by atoms with Gasteiger partial charge < -0.3 is 14.5 Å². The van der Waals surface area contributed by atoms with Gasteiger partial charge in [0.1, 0.15) is 17.7 Å². The van der Waals surface area contributed by atoms with Crippen LogP contribution in [0.3, 0.4) is 0 Å². The molecule has 1 aromatic carbocycles. The molecule has 1 amide bonds. The highest BCUT2D eigenvalue weighted by molar-refractivity contribution is 5.70. The lowest BCUT2D eigenvalue weighted by Gasteiger charge is -2.40. The fraction of sp³-hybridized carbons (Fsp3) is 0.455. The van der Waals surface area contributed by atoms with Crippen molar-refractivity contribution in [2.75, 3.05) is 36.0 Å². The topological polar surface area (TPSA) is 85.6 Å². The van der Waals surface area contributed by atoms with Gasteiger partial charge >= 0.3 is 12.3 Å². The summed E-state index contributed by atoms with van der Waals surface area (Å²) >= 11 is 0. The molecule has 33 heavy (non-hydrogen) atoms. The van der Waals surface area contributed by atoms with E-state index in [0.29, 0.717) is 24.6 Å². The van der Waals surface area contributed by atoms with Crippen LogP contribution < -0.4 is 9.80 Å². The van der Waals surface area contributed by atoms with Crippen molar-refractivity contribution in [1.29, 1.82) is 5.26 Å². The Labute approximate surface area is 188 Å². The molecule has 172 valence electrons. The van der Waals surface area contributed by atoms with Crippen LogP contribution in [-0.2, 0) is 24.0 Å². The zero-order valence-corrected chi connectivity index (χ0v) is 17.9. The van der Waals surface area contributed by atoms with Gasteiger partial charge in [0.2, 0.25) is 0 Å². The fourth-order valence-electron chi connectivity index (χ4n) is 4.28. The molecule has 8 nitrogen and oxygen atoms in total. The Kier molecular flexibility index (Phi) is 5.03. The summed E-state index contributed by atoms with van der Waals surface area (Å²) in [6, 6.07) is 5.18. The fourth-order valence-corrected chi connectivity index (χ4v) is 4.28. The molecule has 3 aliphatic heterocycles. The molecule has 0 N–H and O–H groups in total. The first-order chi connectivity index (χ1) is 15.7. The first kappa shape index (κ1) is 21.3. The van der Waals surface area contributed by atoms with Gasteiger partial charge in [0, 0.05) is 24.3 Å². The molecule has 11 heteroatoms. The number of carbonyl (C=O) groups excluding carboxylic acids is 1. The molecule has 1 aromatic heterocycles. The van der Waals surface area contributed by atoms with Gasteiger partial charge in [-0.05, 0) is 31.5 Å². The average Bonchev–Trinajstić information content (AvgIpc) is 3.12. The molecule has 0 bridgehead atoms. The molecule has 0 unspecified atom stereocenters. The Balaban J connectivity index is 1.21. The maximum absolute atomic E-state index is 13.2. The lowest BCUT2D eigenvalue weighted by atomic mass is 10.0. The van der Waals surface area contributed by atoms with Gasteiger partial charge in [-0.3, -0.25) is 4.90 Å². The summed E-state index contributed by atoms with van der Waals surface area (Å²) in [6.07, 6.45) is -4.39. The van der Waals surface area contributed by atoms with Crippen molar-refractivity contribution in [3.05, 3.63) is 46.4 Å².